The maximum Gasteiger partial charge on any atom is 0.251 e. The second-order valence-corrected chi connectivity index (χ2v) is 7.86. The first kappa shape index (κ1) is 17.3. The topological polar surface area (TPSA) is 54.0 Å². The second-order valence-electron chi connectivity index (χ2n) is 7.43. The fourth-order valence-electron chi connectivity index (χ4n) is 4.59. The minimum absolute atomic E-state index is 0.00153. The van der Waals surface area contributed by atoms with Crippen LogP contribution in [-0.2, 0) is 0 Å². The van der Waals surface area contributed by atoms with Crippen molar-refractivity contribution in [3.63, 3.8) is 0 Å². The lowest BCUT2D eigenvalue weighted by molar-refractivity contribution is 0.0927. The van der Waals surface area contributed by atoms with Gasteiger partial charge < -0.3 is 10.6 Å². The summed E-state index contributed by atoms with van der Waals surface area (Å²) in [5.74, 6) is 3.00. The number of anilines is 1. The van der Waals surface area contributed by atoms with Gasteiger partial charge in [0.2, 0.25) is 0 Å². The summed E-state index contributed by atoms with van der Waals surface area (Å²) in [6.45, 7) is 2.16. The van der Waals surface area contributed by atoms with Crippen molar-refractivity contribution >= 4 is 23.3 Å². The quantitative estimate of drug-likeness (QED) is 0.794. The number of halogens is 1. The SMILES string of the molecule is CCC(NC(=O)c1ccc(Cl)cc1)[C@H]1[C@@H]2C[C@@H](Nc3ccccn3)C[C@@H]21. The highest BCUT2D eigenvalue weighted by Gasteiger charge is 2.58. The maximum absolute atomic E-state index is 12.5. The van der Waals surface area contributed by atoms with E-state index in [4.69, 9.17) is 11.6 Å². The fourth-order valence-corrected chi connectivity index (χ4v) is 4.71. The van der Waals surface area contributed by atoms with E-state index in [2.05, 4.69) is 22.5 Å². The molecular weight excluding hydrogens is 346 g/mol. The molecule has 1 aromatic heterocycles. The van der Waals surface area contributed by atoms with Crippen molar-refractivity contribution in [2.75, 3.05) is 5.32 Å². The smallest absolute Gasteiger partial charge is 0.251 e. The third-order valence-electron chi connectivity index (χ3n) is 5.86. The van der Waals surface area contributed by atoms with Crippen molar-refractivity contribution in [1.82, 2.24) is 10.3 Å². The molecule has 1 aromatic carbocycles. The van der Waals surface area contributed by atoms with Crippen molar-refractivity contribution < 1.29 is 4.79 Å². The van der Waals surface area contributed by atoms with Crippen molar-refractivity contribution in [1.29, 1.82) is 0 Å². The van der Waals surface area contributed by atoms with E-state index in [1.54, 1.807) is 24.3 Å². The summed E-state index contributed by atoms with van der Waals surface area (Å²) < 4.78 is 0. The number of carbonyl (C=O) groups excluding carboxylic acids is 1. The Labute approximate surface area is 159 Å². The molecule has 2 aromatic rings. The summed E-state index contributed by atoms with van der Waals surface area (Å²) in [5, 5.41) is 7.43. The van der Waals surface area contributed by atoms with Crippen molar-refractivity contribution in [2.45, 2.75) is 38.3 Å². The molecule has 5 atom stereocenters. The average molecular weight is 370 g/mol. The number of fused-ring (bicyclic) bond motifs is 1. The predicted molar refractivity (Wildman–Crippen MR) is 104 cm³/mol. The Morgan fingerprint density at radius 3 is 2.54 bits per heavy atom. The van der Waals surface area contributed by atoms with Gasteiger partial charge in [-0.15, -0.1) is 0 Å². The molecule has 1 unspecified atom stereocenters. The molecule has 2 aliphatic rings. The van der Waals surface area contributed by atoms with Gasteiger partial charge in [-0.1, -0.05) is 24.6 Å². The van der Waals surface area contributed by atoms with E-state index >= 15 is 0 Å². The first-order valence-electron chi connectivity index (χ1n) is 9.39. The highest BCUT2D eigenvalue weighted by molar-refractivity contribution is 6.30. The van der Waals surface area contributed by atoms with Crippen LogP contribution < -0.4 is 10.6 Å². The number of benzene rings is 1. The van der Waals surface area contributed by atoms with Crippen LogP contribution in [0.1, 0.15) is 36.5 Å². The Bertz CT molecular complexity index is 753. The van der Waals surface area contributed by atoms with E-state index in [9.17, 15) is 4.79 Å². The molecule has 2 N–H and O–H groups in total. The molecule has 136 valence electrons. The van der Waals surface area contributed by atoms with Gasteiger partial charge in [0, 0.05) is 28.9 Å². The average Bonchev–Trinajstić information content (AvgIpc) is 3.15. The van der Waals surface area contributed by atoms with Gasteiger partial charge in [0.25, 0.3) is 5.91 Å². The molecule has 0 aliphatic heterocycles. The molecule has 0 saturated heterocycles. The summed E-state index contributed by atoms with van der Waals surface area (Å²) in [5.41, 5.74) is 0.674. The third-order valence-corrected chi connectivity index (χ3v) is 6.11. The Hall–Kier alpha value is -2.07. The number of nitrogens with zero attached hydrogens (tertiary/aromatic N) is 1. The number of amides is 1. The Balaban J connectivity index is 1.31. The lowest BCUT2D eigenvalue weighted by atomic mass is 9.99. The summed E-state index contributed by atoms with van der Waals surface area (Å²) in [6.07, 6.45) is 5.12. The molecule has 0 bridgehead atoms. The Morgan fingerprint density at radius 2 is 1.92 bits per heavy atom. The van der Waals surface area contributed by atoms with Gasteiger partial charge >= 0.3 is 0 Å². The molecule has 0 spiro atoms. The predicted octanol–water partition coefficient (Wildman–Crippen LogP) is 4.38. The molecule has 0 radical (unpaired) electrons. The first-order chi connectivity index (χ1) is 12.7. The van der Waals surface area contributed by atoms with E-state index in [0.29, 0.717) is 34.4 Å². The minimum Gasteiger partial charge on any atom is -0.367 e. The summed E-state index contributed by atoms with van der Waals surface area (Å²) in [7, 11) is 0. The zero-order valence-electron chi connectivity index (χ0n) is 14.9. The molecule has 5 heteroatoms. The second kappa shape index (κ2) is 7.28. The van der Waals surface area contributed by atoms with Gasteiger partial charge in [0.1, 0.15) is 5.82 Å². The summed E-state index contributed by atoms with van der Waals surface area (Å²) in [6, 6.07) is 13.8. The Kier molecular flexibility index (Phi) is 4.86. The number of hydrogen-bond acceptors (Lipinski definition) is 3. The molecule has 2 fully saturated rings. The van der Waals surface area contributed by atoms with Gasteiger partial charge in [-0.25, -0.2) is 4.98 Å². The van der Waals surface area contributed by atoms with Crippen LogP contribution in [0.5, 0.6) is 0 Å². The number of rotatable bonds is 6. The molecule has 2 saturated carbocycles. The van der Waals surface area contributed by atoms with Gasteiger partial charge in [-0.2, -0.15) is 0 Å². The molecule has 1 amide bonds. The molecule has 26 heavy (non-hydrogen) atoms. The lowest BCUT2D eigenvalue weighted by Crippen LogP contribution is -2.38. The molecule has 2 aliphatic carbocycles. The largest absolute Gasteiger partial charge is 0.367 e. The monoisotopic (exact) mass is 369 g/mol. The molecular formula is C21H24ClN3O. The van der Waals surface area contributed by atoms with Crippen LogP contribution in [0.15, 0.2) is 48.7 Å². The van der Waals surface area contributed by atoms with Crippen molar-refractivity contribution in [3.05, 3.63) is 59.2 Å². The van der Waals surface area contributed by atoms with E-state index in [1.807, 2.05) is 24.4 Å². The molecule has 4 nitrogen and oxygen atoms in total. The Morgan fingerprint density at radius 1 is 1.19 bits per heavy atom. The fraction of sp³-hybridized carbons (Fsp3) is 0.429. The van der Waals surface area contributed by atoms with Crippen LogP contribution in [0.4, 0.5) is 5.82 Å². The maximum atomic E-state index is 12.5. The van der Waals surface area contributed by atoms with Crippen LogP contribution in [0.25, 0.3) is 0 Å². The van der Waals surface area contributed by atoms with E-state index in [-0.39, 0.29) is 11.9 Å². The van der Waals surface area contributed by atoms with Crippen LogP contribution in [-0.4, -0.2) is 23.0 Å². The zero-order chi connectivity index (χ0) is 18.1. The van der Waals surface area contributed by atoms with Gasteiger partial charge in [-0.05, 0) is 73.4 Å². The van der Waals surface area contributed by atoms with Gasteiger partial charge in [0.05, 0.1) is 0 Å². The van der Waals surface area contributed by atoms with Gasteiger partial charge in [-0.3, -0.25) is 4.79 Å². The molecule has 1 heterocycles. The third kappa shape index (κ3) is 3.56. The first-order valence-corrected chi connectivity index (χ1v) is 9.77. The zero-order valence-corrected chi connectivity index (χ0v) is 15.6. The number of pyridine rings is 1. The van der Waals surface area contributed by atoms with Crippen molar-refractivity contribution in [2.24, 2.45) is 17.8 Å². The highest BCUT2D eigenvalue weighted by atomic mass is 35.5. The molecule has 4 rings (SSSR count). The lowest BCUT2D eigenvalue weighted by Gasteiger charge is -2.22. The number of carbonyl (C=O) groups is 1. The highest BCUT2D eigenvalue weighted by Crippen LogP contribution is 2.59. The minimum atomic E-state index is 0.00153. The standard InChI is InChI=1S/C21H24ClN3O/c1-2-18(25-21(26)13-6-8-14(22)9-7-13)20-16-11-15(12-17(16)20)24-19-5-3-4-10-23-19/h3-10,15-18,20H,2,11-12H2,1H3,(H,23,24)(H,25,26)/t15-,16-,17+,18?,20+. The van der Waals surface area contributed by atoms with Crippen molar-refractivity contribution in [3.8, 4) is 0 Å². The number of nitrogens with one attached hydrogen (secondary N) is 2. The van der Waals surface area contributed by atoms with E-state index in [0.717, 1.165) is 12.2 Å². The van der Waals surface area contributed by atoms with Gasteiger partial charge in [0.15, 0.2) is 0 Å². The van der Waals surface area contributed by atoms with E-state index < -0.39 is 0 Å². The normalized spacial score (nSPS) is 27.5. The van der Waals surface area contributed by atoms with Crippen LogP contribution >= 0.6 is 11.6 Å². The van der Waals surface area contributed by atoms with Crippen LogP contribution in [0.2, 0.25) is 5.02 Å². The van der Waals surface area contributed by atoms with Crippen LogP contribution in [0.3, 0.4) is 0 Å². The van der Waals surface area contributed by atoms with E-state index in [1.165, 1.54) is 12.8 Å². The van der Waals surface area contributed by atoms with Crippen LogP contribution in [0, 0.1) is 17.8 Å². The number of hydrogen-bond donors (Lipinski definition) is 2. The summed E-state index contributed by atoms with van der Waals surface area (Å²) >= 11 is 5.90. The number of aromatic nitrogens is 1. The summed E-state index contributed by atoms with van der Waals surface area (Å²) in [4.78, 5) is 16.9.